The fourth-order valence-electron chi connectivity index (χ4n) is 2.21. The zero-order valence-corrected chi connectivity index (χ0v) is 9.52. The van der Waals surface area contributed by atoms with Crippen molar-refractivity contribution < 1.29 is 10.2 Å². The molecule has 1 fully saturated rings. The highest BCUT2D eigenvalue weighted by atomic mass is 16.3. The molecule has 0 saturated carbocycles. The molecule has 16 heavy (non-hydrogen) atoms. The maximum atomic E-state index is 9.70. The number of anilines is 1. The molecule has 1 aliphatic heterocycles. The van der Waals surface area contributed by atoms with Crippen LogP contribution in [0.25, 0.3) is 0 Å². The summed E-state index contributed by atoms with van der Waals surface area (Å²) >= 11 is 0. The molecule has 88 valence electrons. The Morgan fingerprint density at radius 1 is 1.19 bits per heavy atom. The van der Waals surface area contributed by atoms with Crippen LogP contribution in [0.1, 0.15) is 24.8 Å². The van der Waals surface area contributed by atoms with Crippen LogP contribution in [-0.4, -0.2) is 29.9 Å². The topological polar surface area (TPSA) is 43.7 Å². The van der Waals surface area contributed by atoms with Crippen LogP contribution in [0.4, 0.5) is 5.69 Å². The average molecular weight is 221 g/mol. The zero-order chi connectivity index (χ0) is 11.4. The standard InChI is InChI=1S/C13H19NO2/c15-9-3-4-11-10-12(5-6-13(11)16)14-7-1-2-8-14/h5-6,10,15-16H,1-4,7-9H2. The summed E-state index contributed by atoms with van der Waals surface area (Å²) in [7, 11) is 0. The van der Waals surface area contributed by atoms with Gasteiger partial charge in [0.05, 0.1) is 0 Å². The highest BCUT2D eigenvalue weighted by molar-refractivity contribution is 5.53. The molecule has 1 aromatic rings. The van der Waals surface area contributed by atoms with Gasteiger partial charge in [-0.3, -0.25) is 0 Å². The van der Waals surface area contributed by atoms with E-state index in [1.807, 2.05) is 6.07 Å². The lowest BCUT2D eigenvalue weighted by Crippen LogP contribution is -2.17. The molecule has 3 nitrogen and oxygen atoms in total. The minimum Gasteiger partial charge on any atom is -0.508 e. The third-order valence-corrected chi connectivity index (χ3v) is 3.14. The van der Waals surface area contributed by atoms with Crippen molar-refractivity contribution in [1.29, 1.82) is 0 Å². The Morgan fingerprint density at radius 2 is 1.94 bits per heavy atom. The Labute approximate surface area is 96.3 Å². The average Bonchev–Trinajstić information content (AvgIpc) is 2.81. The molecular formula is C13H19NO2. The largest absolute Gasteiger partial charge is 0.508 e. The summed E-state index contributed by atoms with van der Waals surface area (Å²) in [5.74, 6) is 0.344. The first-order valence-electron chi connectivity index (χ1n) is 5.99. The summed E-state index contributed by atoms with van der Waals surface area (Å²) in [6, 6.07) is 5.79. The molecule has 0 radical (unpaired) electrons. The Morgan fingerprint density at radius 3 is 2.62 bits per heavy atom. The lowest BCUT2D eigenvalue weighted by Gasteiger charge is -2.18. The van der Waals surface area contributed by atoms with Crippen molar-refractivity contribution in [3.05, 3.63) is 23.8 Å². The van der Waals surface area contributed by atoms with Crippen molar-refractivity contribution >= 4 is 5.69 Å². The molecule has 0 aliphatic carbocycles. The van der Waals surface area contributed by atoms with E-state index in [-0.39, 0.29) is 6.61 Å². The molecule has 0 aromatic heterocycles. The van der Waals surface area contributed by atoms with E-state index in [0.717, 1.165) is 25.1 Å². The van der Waals surface area contributed by atoms with Crippen molar-refractivity contribution in [3.8, 4) is 5.75 Å². The first-order valence-corrected chi connectivity index (χ1v) is 5.99. The third kappa shape index (κ3) is 2.47. The highest BCUT2D eigenvalue weighted by Crippen LogP contribution is 2.27. The second kappa shape index (κ2) is 5.21. The highest BCUT2D eigenvalue weighted by Gasteiger charge is 2.13. The van der Waals surface area contributed by atoms with Gasteiger partial charge < -0.3 is 15.1 Å². The van der Waals surface area contributed by atoms with Gasteiger partial charge >= 0.3 is 0 Å². The second-order valence-electron chi connectivity index (χ2n) is 4.33. The Balaban J connectivity index is 2.13. The van der Waals surface area contributed by atoms with Gasteiger partial charge in [0, 0.05) is 25.4 Å². The van der Waals surface area contributed by atoms with Crippen molar-refractivity contribution in [2.24, 2.45) is 0 Å². The van der Waals surface area contributed by atoms with Crippen LogP contribution in [0.15, 0.2) is 18.2 Å². The third-order valence-electron chi connectivity index (χ3n) is 3.14. The lowest BCUT2D eigenvalue weighted by molar-refractivity contribution is 0.288. The first kappa shape index (κ1) is 11.3. The van der Waals surface area contributed by atoms with Crippen LogP contribution < -0.4 is 4.90 Å². The Kier molecular flexibility index (Phi) is 3.67. The molecule has 2 N–H and O–H groups in total. The summed E-state index contributed by atoms with van der Waals surface area (Å²) in [4.78, 5) is 2.35. The monoisotopic (exact) mass is 221 g/mol. The van der Waals surface area contributed by atoms with Crippen LogP contribution in [0, 0.1) is 0 Å². The maximum absolute atomic E-state index is 9.70. The number of aryl methyl sites for hydroxylation is 1. The molecule has 0 amide bonds. The molecular weight excluding hydrogens is 202 g/mol. The van der Waals surface area contributed by atoms with Gasteiger partial charge in [0.2, 0.25) is 0 Å². The van der Waals surface area contributed by atoms with Gasteiger partial charge in [0.15, 0.2) is 0 Å². The van der Waals surface area contributed by atoms with Gasteiger partial charge in [-0.1, -0.05) is 0 Å². The molecule has 3 heteroatoms. The lowest BCUT2D eigenvalue weighted by atomic mass is 10.1. The molecule has 0 spiro atoms. The molecule has 1 aliphatic rings. The number of phenols is 1. The van der Waals surface area contributed by atoms with E-state index in [4.69, 9.17) is 5.11 Å². The number of rotatable bonds is 4. The van der Waals surface area contributed by atoms with Gasteiger partial charge in [-0.05, 0) is 49.4 Å². The van der Waals surface area contributed by atoms with Gasteiger partial charge in [-0.15, -0.1) is 0 Å². The Hall–Kier alpha value is -1.22. The smallest absolute Gasteiger partial charge is 0.118 e. The molecule has 2 rings (SSSR count). The molecule has 0 unspecified atom stereocenters. The number of aromatic hydroxyl groups is 1. The second-order valence-corrected chi connectivity index (χ2v) is 4.33. The van der Waals surface area contributed by atoms with Gasteiger partial charge in [-0.2, -0.15) is 0 Å². The number of hydrogen-bond donors (Lipinski definition) is 2. The molecule has 0 atom stereocenters. The van der Waals surface area contributed by atoms with E-state index in [0.29, 0.717) is 12.2 Å². The van der Waals surface area contributed by atoms with E-state index in [1.54, 1.807) is 6.07 Å². The van der Waals surface area contributed by atoms with Crippen LogP contribution in [0.2, 0.25) is 0 Å². The van der Waals surface area contributed by atoms with Crippen molar-refractivity contribution in [1.82, 2.24) is 0 Å². The zero-order valence-electron chi connectivity index (χ0n) is 9.52. The van der Waals surface area contributed by atoms with Crippen LogP contribution >= 0.6 is 0 Å². The van der Waals surface area contributed by atoms with Crippen molar-refractivity contribution in [2.45, 2.75) is 25.7 Å². The molecule has 1 aromatic carbocycles. The van der Waals surface area contributed by atoms with E-state index in [9.17, 15) is 5.11 Å². The first-order chi connectivity index (χ1) is 7.81. The summed E-state index contributed by atoms with van der Waals surface area (Å²) in [5, 5.41) is 18.5. The summed E-state index contributed by atoms with van der Waals surface area (Å²) in [5.41, 5.74) is 2.14. The molecule has 1 heterocycles. The number of phenolic OH excluding ortho intramolecular Hbond substituents is 1. The number of aliphatic hydroxyl groups excluding tert-OH is 1. The van der Waals surface area contributed by atoms with Crippen LogP contribution in [0.3, 0.4) is 0 Å². The van der Waals surface area contributed by atoms with Gasteiger partial charge in [-0.25, -0.2) is 0 Å². The van der Waals surface area contributed by atoms with Crippen molar-refractivity contribution in [3.63, 3.8) is 0 Å². The molecule has 1 saturated heterocycles. The Bertz CT molecular complexity index is 346. The number of benzene rings is 1. The fourth-order valence-corrected chi connectivity index (χ4v) is 2.21. The summed E-state index contributed by atoms with van der Waals surface area (Å²) in [6.45, 7) is 2.40. The van der Waals surface area contributed by atoms with E-state index in [2.05, 4.69) is 11.0 Å². The number of aliphatic hydroxyl groups is 1. The van der Waals surface area contributed by atoms with Crippen molar-refractivity contribution in [2.75, 3.05) is 24.6 Å². The van der Waals surface area contributed by atoms with Gasteiger partial charge in [0.25, 0.3) is 0 Å². The predicted octanol–water partition coefficient (Wildman–Crippen LogP) is 1.92. The normalized spacial score (nSPS) is 15.7. The molecule has 0 bridgehead atoms. The maximum Gasteiger partial charge on any atom is 0.118 e. The van der Waals surface area contributed by atoms with Crippen LogP contribution in [0.5, 0.6) is 5.75 Å². The predicted molar refractivity (Wildman–Crippen MR) is 65.0 cm³/mol. The quantitative estimate of drug-likeness (QED) is 0.816. The van der Waals surface area contributed by atoms with Crippen LogP contribution in [-0.2, 0) is 6.42 Å². The van der Waals surface area contributed by atoms with E-state index in [1.165, 1.54) is 18.5 Å². The summed E-state index contributed by atoms with van der Waals surface area (Å²) < 4.78 is 0. The fraction of sp³-hybridized carbons (Fsp3) is 0.538. The summed E-state index contributed by atoms with van der Waals surface area (Å²) in [6.07, 6.45) is 3.96. The van der Waals surface area contributed by atoms with E-state index < -0.39 is 0 Å². The minimum atomic E-state index is 0.174. The van der Waals surface area contributed by atoms with Gasteiger partial charge in [0.1, 0.15) is 5.75 Å². The SMILES string of the molecule is OCCCc1cc(N2CCCC2)ccc1O. The minimum absolute atomic E-state index is 0.174. The van der Waals surface area contributed by atoms with E-state index >= 15 is 0 Å². The number of nitrogens with zero attached hydrogens (tertiary/aromatic N) is 1. The number of hydrogen-bond acceptors (Lipinski definition) is 3.